The quantitative estimate of drug-likeness (QED) is 0.845. The molecule has 0 spiro atoms. The molecule has 1 aliphatic rings. The van der Waals surface area contributed by atoms with Crippen molar-refractivity contribution in [3.63, 3.8) is 0 Å². The normalized spacial score (nSPS) is 20.6. The third-order valence-electron chi connectivity index (χ3n) is 4.30. The van der Waals surface area contributed by atoms with Crippen molar-refractivity contribution in [2.45, 2.75) is 39.2 Å². The van der Waals surface area contributed by atoms with Gasteiger partial charge in [-0.25, -0.2) is 4.98 Å². The van der Waals surface area contributed by atoms with Gasteiger partial charge in [0.1, 0.15) is 10.8 Å². The second-order valence-electron chi connectivity index (χ2n) is 6.68. The summed E-state index contributed by atoms with van der Waals surface area (Å²) in [5.74, 6) is 0.874. The highest BCUT2D eigenvalue weighted by atomic mass is 32.1. The standard InChI is InChI=1S/C17H21N3S/c1-17(2)8-7-11(10-17)19-15-9-13(16(18)21)12-5-3-4-6-14(12)20-15/h3-6,9,11H,7-8,10H2,1-2H3,(H2,18,21)(H,19,20). The van der Waals surface area contributed by atoms with E-state index < -0.39 is 0 Å². The Morgan fingerprint density at radius 2 is 2.14 bits per heavy atom. The van der Waals surface area contributed by atoms with Crippen molar-refractivity contribution in [3.8, 4) is 0 Å². The molecule has 3 N–H and O–H groups in total. The average Bonchev–Trinajstić information content (AvgIpc) is 2.77. The first kappa shape index (κ1) is 14.3. The lowest BCUT2D eigenvalue weighted by atomic mass is 9.92. The highest BCUT2D eigenvalue weighted by Gasteiger charge is 2.31. The number of nitrogens with one attached hydrogen (secondary N) is 1. The maximum atomic E-state index is 5.88. The zero-order chi connectivity index (χ0) is 15.0. The SMILES string of the molecule is CC1(C)CCC(Nc2cc(C(N)=S)c3ccccc3n2)C1. The first-order valence-electron chi connectivity index (χ1n) is 7.41. The number of pyridine rings is 1. The van der Waals surface area contributed by atoms with E-state index in [0.29, 0.717) is 16.4 Å². The summed E-state index contributed by atoms with van der Waals surface area (Å²) in [6.45, 7) is 4.64. The van der Waals surface area contributed by atoms with Gasteiger partial charge in [0, 0.05) is 17.0 Å². The number of nitrogens with two attached hydrogens (primary N) is 1. The van der Waals surface area contributed by atoms with Crippen LogP contribution in [0.4, 0.5) is 5.82 Å². The summed E-state index contributed by atoms with van der Waals surface area (Å²) in [6, 6.07) is 10.4. The van der Waals surface area contributed by atoms with Crippen LogP contribution >= 0.6 is 12.2 Å². The van der Waals surface area contributed by atoms with E-state index >= 15 is 0 Å². The maximum absolute atomic E-state index is 5.88. The number of nitrogens with zero attached hydrogens (tertiary/aromatic N) is 1. The van der Waals surface area contributed by atoms with Gasteiger partial charge in [-0.1, -0.05) is 44.3 Å². The van der Waals surface area contributed by atoms with Crippen LogP contribution in [0.5, 0.6) is 0 Å². The molecule has 3 rings (SSSR count). The molecule has 0 radical (unpaired) electrons. The number of hydrogen-bond donors (Lipinski definition) is 2. The van der Waals surface area contributed by atoms with E-state index in [1.807, 2.05) is 30.3 Å². The van der Waals surface area contributed by atoms with Gasteiger partial charge in [-0.15, -0.1) is 0 Å². The highest BCUT2D eigenvalue weighted by Crippen LogP contribution is 2.38. The molecular weight excluding hydrogens is 278 g/mol. The lowest BCUT2D eigenvalue weighted by Gasteiger charge is -2.19. The van der Waals surface area contributed by atoms with Crippen LogP contribution in [0.2, 0.25) is 0 Å². The van der Waals surface area contributed by atoms with Crippen LogP contribution in [0.25, 0.3) is 10.9 Å². The van der Waals surface area contributed by atoms with Gasteiger partial charge in [0.15, 0.2) is 0 Å². The van der Waals surface area contributed by atoms with Crippen LogP contribution in [-0.4, -0.2) is 16.0 Å². The second kappa shape index (κ2) is 5.26. The molecule has 1 unspecified atom stereocenters. The number of rotatable bonds is 3. The van der Waals surface area contributed by atoms with Gasteiger partial charge >= 0.3 is 0 Å². The first-order chi connectivity index (χ1) is 9.94. The van der Waals surface area contributed by atoms with Crippen molar-refractivity contribution in [3.05, 3.63) is 35.9 Å². The molecule has 1 atom stereocenters. The summed E-state index contributed by atoms with van der Waals surface area (Å²) in [7, 11) is 0. The fraction of sp³-hybridized carbons (Fsp3) is 0.412. The van der Waals surface area contributed by atoms with E-state index in [0.717, 1.165) is 22.3 Å². The smallest absolute Gasteiger partial charge is 0.127 e. The Morgan fingerprint density at radius 1 is 1.38 bits per heavy atom. The zero-order valence-corrected chi connectivity index (χ0v) is 13.3. The topological polar surface area (TPSA) is 50.9 Å². The van der Waals surface area contributed by atoms with Gasteiger partial charge in [0.2, 0.25) is 0 Å². The van der Waals surface area contributed by atoms with E-state index in [1.165, 1.54) is 19.3 Å². The Morgan fingerprint density at radius 3 is 2.81 bits per heavy atom. The third kappa shape index (κ3) is 3.00. The Balaban J connectivity index is 1.94. The van der Waals surface area contributed by atoms with Gasteiger partial charge in [-0.2, -0.15) is 0 Å². The van der Waals surface area contributed by atoms with E-state index in [1.54, 1.807) is 0 Å². The summed E-state index contributed by atoms with van der Waals surface area (Å²) >= 11 is 5.19. The predicted molar refractivity (Wildman–Crippen MR) is 92.7 cm³/mol. The molecule has 0 aliphatic heterocycles. The molecule has 0 saturated heterocycles. The molecule has 110 valence electrons. The number of benzene rings is 1. The summed E-state index contributed by atoms with van der Waals surface area (Å²) in [5.41, 5.74) is 8.12. The highest BCUT2D eigenvalue weighted by molar-refractivity contribution is 7.80. The van der Waals surface area contributed by atoms with Crippen molar-refractivity contribution < 1.29 is 0 Å². The number of hydrogen-bond acceptors (Lipinski definition) is 3. The Kier molecular flexibility index (Phi) is 3.57. The van der Waals surface area contributed by atoms with Gasteiger partial charge in [0.25, 0.3) is 0 Å². The van der Waals surface area contributed by atoms with E-state index in [2.05, 4.69) is 19.2 Å². The Hall–Kier alpha value is -1.68. The maximum Gasteiger partial charge on any atom is 0.127 e. The molecular formula is C17H21N3S. The fourth-order valence-corrected chi connectivity index (χ4v) is 3.39. The number of anilines is 1. The predicted octanol–water partition coefficient (Wildman–Crippen LogP) is 3.86. The van der Waals surface area contributed by atoms with Crippen LogP contribution in [-0.2, 0) is 0 Å². The molecule has 4 heteroatoms. The molecule has 2 aromatic rings. The Labute approximate surface area is 130 Å². The number of aromatic nitrogens is 1. The van der Waals surface area contributed by atoms with Gasteiger partial charge in [-0.3, -0.25) is 0 Å². The molecule has 21 heavy (non-hydrogen) atoms. The van der Waals surface area contributed by atoms with Crippen molar-refractivity contribution in [2.75, 3.05) is 5.32 Å². The lowest BCUT2D eigenvalue weighted by Crippen LogP contribution is -2.19. The van der Waals surface area contributed by atoms with Gasteiger partial charge in [0.05, 0.1) is 5.52 Å². The van der Waals surface area contributed by atoms with Crippen LogP contribution in [0.3, 0.4) is 0 Å². The van der Waals surface area contributed by atoms with Crippen LogP contribution in [0.1, 0.15) is 38.7 Å². The first-order valence-corrected chi connectivity index (χ1v) is 7.82. The van der Waals surface area contributed by atoms with Crippen molar-refractivity contribution in [1.82, 2.24) is 4.98 Å². The van der Waals surface area contributed by atoms with Crippen LogP contribution < -0.4 is 11.1 Å². The fourth-order valence-electron chi connectivity index (χ4n) is 3.22. The van der Waals surface area contributed by atoms with Crippen molar-refractivity contribution in [2.24, 2.45) is 11.1 Å². The number of fused-ring (bicyclic) bond motifs is 1. The minimum atomic E-state index is 0.417. The molecule has 0 bridgehead atoms. The van der Waals surface area contributed by atoms with Gasteiger partial charge < -0.3 is 11.1 Å². The molecule has 1 aromatic carbocycles. The molecule has 3 nitrogen and oxygen atoms in total. The van der Waals surface area contributed by atoms with Crippen molar-refractivity contribution >= 4 is 33.9 Å². The summed E-state index contributed by atoms with van der Waals surface area (Å²) in [6.07, 6.45) is 3.61. The number of thiocarbonyl (C=S) groups is 1. The largest absolute Gasteiger partial charge is 0.389 e. The summed E-state index contributed by atoms with van der Waals surface area (Å²) in [5, 5.41) is 4.57. The molecule has 1 heterocycles. The average molecular weight is 299 g/mol. The van der Waals surface area contributed by atoms with E-state index in [-0.39, 0.29) is 0 Å². The molecule has 1 fully saturated rings. The zero-order valence-electron chi connectivity index (χ0n) is 12.5. The van der Waals surface area contributed by atoms with Crippen molar-refractivity contribution in [1.29, 1.82) is 0 Å². The second-order valence-corrected chi connectivity index (χ2v) is 7.12. The molecule has 1 aromatic heterocycles. The summed E-state index contributed by atoms with van der Waals surface area (Å²) in [4.78, 5) is 5.12. The minimum absolute atomic E-state index is 0.417. The molecule has 0 amide bonds. The van der Waals surface area contributed by atoms with E-state index in [9.17, 15) is 0 Å². The number of para-hydroxylation sites is 1. The third-order valence-corrected chi connectivity index (χ3v) is 4.52. The van der Waals surface area contributed by atoms with Crippen LogP contribution in [0, 0.1) is 5.41 Å². The minimum Gasteiger partial charge on any atom is -0.389 e. The van der Waals surface area contributed by atoms with Crippen LogP contribution in [0.15, 0.2) is 30.3 Å². The monoisotopic (exact) mass is 299 g/mol. The summed E-state index contributed by atoms with van der Waals surface area (Å²) < 4.78 is 0. The Bertz CT molecular complexity index is 693. The molecule has 1 aliphatic carbocycles. The lowest BCUT2D eigenvalue weighted by molar-refractivity contribution is 0.378. The van der Waals surface area contributed by atoms with E-state index in [4.69, 9.17) is 22.9 Å². The molecule has 1 saturated carbocycles. The van der Waals surface area contributed by atoms with Gasteiger partial charge in [-0.05, 0) is 36.8 Å².